The van der Waals surface area contributed by atoms with Gasteiger partial charge in [-0.05, 0) is 50.1 Å². The highest BCUT2D eigenvalue weighted by atomic mass is 35.5. The third kappa shape index (κ3) is 3.53. The Morgan fingerprint density at radius 1 is 1.00 bits per heavy atom. The van der Waals surface area contributed by atoms with Crippen LogP contribution >= 0.6 is 11.6 Å². The summed E-state index contributed by atoms with van der Waals surface area (Å²) >= 11 is 6.11. The molecule has 200 valence electrons. The van der Waals surface area contributed by atoms with E-state index < -0.39 is 34.0 Å². The van der Waals surface area contributed by atoms with Crippen molar-refractivity contribution in [2.45, 2.75) is 39.2 Å². The number of H-pyrrole nitrogens is 2. The molecular weight excluding hydrogens is 526 g/mol. The number of benzene rings is 2. The summed E-state index contributed by atoms with van der Waals surface area (Å²) in [7, 11) is 0. The average molecular weight is 550 g/mol. The summed E-state index contributed by atoms with van der Waals surface area (Å²) in [6.07, 6.45) is 1.00. The van der Waals surface area contributed by atoms with Gasteiger partial charge in [0.25, 0.3) is 11.8 Å². The lowest BCUT2D eigenvalue weighted by Crippen LogP contribution is -2.50. The summed E-state index contributed by atoms with van der Waals surface area (Å²) in [4.78, 5) is 56.4. The van der Waals surface area contributed by atoms with Gasteiger partial charge in [-0.15, -0.1) is 0 Å². The number of ether oxygens (including phenoxy) is 1. The molecule has 2 bridgehead atoms. The number of aromatic amines is 2. The van der Waals surface area contributed by atoms with E-state index in [4.69, 9.17) is 16.3 Å². The van der Waals surface area contributed by atoms with Crippen molar-refractivity contribution < 1.29 is 23.6 Å². The van der Waals surface area contributed by atoms with Gasteiger partial charge < -0.3 is 20.4 Å². The van der Waals surface area contributed by atoms with Crippen LogP contribution in [0.1, 0.15) is 44.1 Å². The third-order valence-electron chi connectivity index (χ3n) is 8.52. The number of amides is 2. The van der Waals surface area contributed by atoms with E-state index in [9.17, 15) is 19.2 Å². The van der Waals surface area contributed by atoms with Crippen molar-refractivity contribution in [1.82, 2.24) is 15.1 Å². The maximum Gasteiger partial charge on any atom is 0.439 e. The quantitative estimate of drug-likeness (QED) is 0.267. The molecule has 2 fully saturated rings. The van der Waals surface area contributed by atoms with Crippen LogP contribution in [0.4, 0.5) is 11.4 Å². The Hall–Kier alpha value is -4.38. The van der Waals surface area contributed by atoms with E-state index in [1.807, 2.05) is 20.8 Å². The van der Waals surface area contributed by atoms with Crippen LogP contribution in [0.3, 0.4) is 0 Å². The zero-order valence-corrected chi connectivity index (χ0v) is 22.0. The zero-order chi connectivity index (χ0) is 27.7. The van der Waals surface area contributed by atoms with E-state index in [1.165, 1.54) is 6.07 Å². The molecule has 4 aromatic rings. The molecule has 0 radical (unpaired) electrons. The molecule has 3 heterocycles. The van der Waals surface area contributed by atoms with Gasteiger partial charge >= 0.3 is 11.7 Å². The summed E-state index contributed by atoms with van der Waals surface area (Å²) in [5, 5.41) is 10.5. The topological polar surface area (TPSA) is 159 Å². The molecule has 39 heavy (non-hydrogen) atoms. The summed E-state index contributed by atoms with van der Waals surface area (Å²) in [5.41, 5.74) is -0.787. The number of esters is 1. The van der Waals surface area contributed by atoms with Crippen LogP contribution < -0.4 is 16.4 Å². The second-order valence-electron chi connectivity index (χ2n) is 10.7. The minimum Gasteiger partial charge on any atom is -0.448 e. The molecule has 2 aromatic carbocycles. The number of hydrogen-bond donors (Lipinski definition) is 4. The average Bonchev–Trinajstić information content (AvgIpc) is 3.60. The molecule has 6 rings (SSSR count). The Labute approximate surface area is 226 Å². The summed E-state index contributed by atoms with van der Waals surface area (Å²) in [6, 6.07) is 11.6. The molecule has 2 aliphatic rings. The lowest BCUT2D eigenvalue weighted by atomic mass is 9.66. The number of halogens is 1. The Morgan fingerprint density at radius 3 is 2.46 bits per heavy atom. The fourth-order valence-corrected chi connectivity index (χ4v) is 5.88. The minimum atomic E-state index is -1.28. The van der Waals surface area contributed by atoms with Gasteiger partial charge in [-0.1, -0.05) is 42.7 Å². The second-order valence-corrected chi connectivity index (χ2v) is 11.1. The Kier molecular flexibility index (Phi) is 5.31. The lowest BCUT2D eigenvalue weighted by molar-refractivity contribution is -0.165. The Bertz CT molecular complexity index is 1750. The normalized spacial score (nSPS) is 23.1. The van der Waals surface area contributed by atoms with Gasteiger partial charge in [0.1, 0.15) is 5.69 Å². The molecule has 1 aliphatic carbocycles. The second kappa shape index (κ2) is 8.31. The first kappa shape index (κ1) is 24.9. The van der Waals surface area contributed by atoms with Gasteiger partial charge in [-0.25, -0.2) is 4.79 Å². The molecular formula is C27H24ClN5O6. The van der Waals surface area contributed by atoms with E-state index in [2.05, 4.69) is 30.3 Å². The monoisotopic (exact) mass is 549 g/mol. The zero-order valence-electron chi connectivity index (χ0n) is 21.2. The summed E-state index contributed by atoms with van der Waals surface area (Å²) in [6.45, 7) is 5.63. The van der Waals surface area contributed by atoms with Crippen LogP contribution in [0.25, 0.3) is 22.3 Å². The van der Waals surface area contributed by atoms with Crippen molar-refractivity contribution in [3.05, 3.63) is 63.7 Å². The number of aromatic nitrogens is 3. The molecule has 0 spiro atoms. The van der Waals surface area contributed by atoms with Crippen molar-refractivity contribution in [2.24, 2.45) is 10.8 Å². The maximum atomic E-state index is 13.6. The molecule has 1 aliphatic heterocycles. The molecule has 11 nitrogen and oxygen atoms in total. The standard InChI is InChI=1S/C27H24ClN5O6/c1-25(2)26(3)9-10-27(25,38-23(26)36)22(35)31-17-6-4-5-13-11-18(29-19(13)17)21(34)30-16-8-7-14(28)12-15(16)20-32-24(37)39-33-20/h4-8,11-12,29H,9-10H2,1-3H3,(H,30,34)(H,31,35)(H,32,33,37). The van der Waals surface area contributed by atoms with E-state index in [1.54, 1.807) is 36.4 Å². The van der Waals surface area contributed by atoms with E-state index in [0.717, 1.165) is 0 Å². The number of hydrogen-bond acceptors (Lipinski definition) is 7. The molecule has 2 aromatic heterocycles. The number of fused-ring (bicyclic) bond motifs is 3. The van der Waals surface area contributed by atoms with Gasteiger partial charge in [0.2, 0.25) is 0 Å². The van der Waals surface area contributed by atoms with Crippen LogP contribution in [-0.4, -0.2) is 38.5 Å². The van der Waals surface area contributed by atoms with Crippen molar-refractivity contribution in [3.8, 4) is 11.4 Å². The first-order chi connectivity index (χ1) is 18.4. The summed E-state index contributed by atoms with van der Waals surface area (Å²) in [5.74, 6) is -1.87. The number of rotatable bonds is 5. The first-order valence-corrected chi connectivity index (χ1v) is 12.7. The number of nitrogens with zero attached hydrogens (tertiary/aromatic N) is 1. The van der Waals surface area contributed by atoms with Crippen LogP contribution in [0.15, 0.2) is 51.8 Å². The van der Waals surface area contributed by atoms with Crippen molar-refractivity contribution in [2.75, 3.05) is 10.6 Å². The number of anilines is 2. The van der Waals surface area contributed by atoms with Crippen molar-refractivity contribution >= 4 is 51.7 Å². The Morgan fingerprint density at radius 2 is 1.79 bits per heavy atom. The molecule has 12 heteroatoms. The third-order valence-corrected chi connectivity index (χ3v) is 8.76. The molecule has 1 saturated carbocycles. The van der Waals surface area contributed by atoms with Crippen molar-refractivity contribution in [3.63, 3.8) is 0 Å². The Balaban J connectivity index is 1.29. The molecule has 4 N–H and O–H groups in total. The molecule has 2 unspecified atom stereocenters. The number of carbonyl (C=O) groups is 3. The largest absolute Gasteiger partial charge is 0.448 e. The van der Waals surface area contributed by atoms with Crippen LogP contribution in [-0.2, 0) is 14.3 Å². The number of para-hydroxylation sites is 1. The van der Waals surface area contributed by atoms with Crippen LogP contribution in [0, 0.1) is 10.8 Å². The highest BCUT2D eigenvalue weighted by Crippen LogP contribution is 2.65. The first-order valence-electron chi connectivity index (χ1n) is 12.3. The van der Waals surface area contributed by atoms with Gasteiger partial charge in [-0.3, -0.25) is 23.9 Å². The highest BCUT2D eigenvalue weighted by Gasteiger charge is 2.75. The van der Waals surface area contributed by atoms with Gasteiger partial charge in [-0.2, -0.15) is 0 Å². The van der Waals surface area contributed by atoms with E-state index in [0.29, 0.717) is 45.7 Å². The molecule has 2 atom stereocenters. The maximum absolute atomic E-state index is 13.6. The predicted octanol–water partition coefficient (Wildman–Crippen LogP) is 4.48. The van der Waals surface area contributed by atoms with Crippen LogP contribution in [0.2, 0.25) is 5.02 Å². The lowest BCUT2D eigenvalue weighted by Gasteiger charge is -2.35. The smallest absolute Gasteiger partial charge is 0.439 e. The fraction of sp³-hybridized carbons (Fsp3) is 0.296. The van der Waals surface area contributed by atoms with Gasteiger partial charge in [0.05, 0.1) is 22.3 Å². The van der Waals surface area contributed by atoms with E-state index >= 15 is 0 Å². The number of carbonyl (C=O) groups excluding carboxylic acids is 3. The highest BCUT2D eigenvalue weighted by molar-refractivity contribution is 6.31. The van der Waals surface area contributed by atoms with Crippen LogP contribution in [0.5, 0.6) is 0 Å². The fourth-order valence-electron chi connectivity index (χ4n) is 5.71. The number of nitrogens with one attached hydrogen (secondary N) is 4. The minimum absolute atomic E-state index is 0.109. The molecule has 1 saturated heterocycles. The van der Waals surface area contributed by atoms with Gasteiger partial charge in [0.15, 0.2) is 11.4 Å². The SMILES string of the molecule is CC12CCC(C(=O)Nc3cccc4cc(C(=O)Nc5ccc(Cl)cc5-c5noc(=O)[nH]5)[nH]c34)(OC1=O)C2(C)C. The molecule has 2 amide bonds. The summed E-state index contributed by atoms with van der Waals surface area (Å²) < 4.78 is 10.3. The van der Waals surface area contributed by atoms with Crippen molar-refractivity contribution in [1.29, 1.82) is 0 Å². The van der Waals surface area contributed by atoms with E-state index in [-0.39, 0.29) is 17.5 Å². The van der Waals surface area contributed by atoms with Gasteiger partial charge in [0, 0.05) is 21.4 Å². The predicted molar refractivity (Wildman–Crippen MR) is 142 cm³/mol.